The Morgan fingerprint density at radius 2 is 1.90 bits per heavy atom. The summed E-state index contributed by atoms with van der Waals surface area (Å²) in [5, 5.41) is 8.06. The standard InChI is InChI=1S/C14H23N3O3S/c1-14(2,3)16-13(18)12-8-11(21(15,19)20)9-17(12)10-6-4-5-7-10/h8-10H,4-7H2,1-3H3,(H,16,18)(H2,15,19,20). The fourth-order valence-electron chi connectivity index (χ4n) is 2.68. The number of nitrogens with one attached hydrogen (secondary N) is 1. The molecule has 3 N–H and O–H groups in total. The number of hydrogen-bond donors (Lipinski definition) is 2. The highest BCUT2D eigenvalue weighted by molar-refractivity contribution is 7.89. The number of nitrogens with two attached hydrogens (primary N) is 1. The maximum Gasteiger partial charge on any atom is 0.268 e. The highest BCUT2D eigenvalue weighted by Gasteiger charge is 2.27. The number of hydrogen-bond acceptors (Lipinski definition) is 3. The van der Waals surface area contributed by atoms with Crippen LogP contribution in [0.1, 0.15) is 63.0 Å². The van der Waals surface area contributed by atoms with Gasteiger partial charge < -0.3 is 9.88 Å². The molecule has 21 heavy (non-hydrogen) atoms. The van der Waals surface area contributed by atoms with Crippen molar-refractivity contribution in [2.75, 3.05) is 0 Å². The third-order valence-corrected chi connectivity index (χ3v) is 4.47. The molecule has 0 atom stereocenters. The lowest BCUT2D eigenvalue weighted by Crippen LogP contribution is -2.41. The molecular formula is C14H23N3O3S. The van der Waals surface area contributed by atoms with Crippen LogP contribution in [0.3, 0.4) is 0 Å². The van der Waals surface area contributed by atoms with Gasteiger partial charge in [0.15, 0.2) is 0 Å². The Bertz CT molecular complexity index is 635. The molecule has 0 bridgehead atoms. The van der Waals surface area contributed by atoms with Gasteiger partial charge in [0.05, 0.1) is 0 Å². The Morgan fingerprint density at radius 1 is 1.33 bits per heavy atom. The summed E-state index contributed by atoms with van der Waals surface area (Å²) in [6, 6.07) is 1.54. The fourth-order valence-corrected chi connectivity index (χ4v) is 3.22. The summed E-state index contributed by atoms with van der Waals surface area (Å²) < 4.78 is 24.9. The zero-order valence-corrected chi connectivity index (χ0v) is 13.5. The number of rotatable bonds is 3. The van der Waals surface area contributed by atoms with E-state index in [-0.39, 0.29) is 22.4 Å². The predicted octanol–water partition coefficient (Wildman–Crippen LogP) is 1.78. The molecule has 1 aromatic heterocycles. The first-order valence-corrected chi connectivity index (χ1v) is 8.70. The van der Waals surface area contributed by atoms with Gasteiger partial charge in [-0.2, -0.15) is 0 Å². The first kappa shape index (κ1) is 16.0. The summed E-state index contributed by atoms with van der Waals surface area (Å²) in [6.07, 6.45) is 5.58. The van der Waals surface area contributed by atoms with Crippen molar-refractivity contribution in [3.8, 4) is 0 Å². The molecular weight excluding hydrogens is 290 g/mol. The first-order chi connectivity index (χ1) is 9.58. The van der Waals surface area contributed by atoms with Gasteiger partial charge in [-0.1, -0.05) is 12.8 Å². The van der Waals surface area contributed by atoms with E-state index >= 15 is 0 Å². The molecule has 1 aliphatic rings. The largest absolute Gasteiger partial charge is 0.346 e. The van der Waals surface area contributed by atoms with Crippen molar-refractivity contribution in [3.63, 3.8) is 0 Å². The van der Waals surface area contributed by atoms with Crippen LogP contribution < -0.4 is 10.5 Å². The Labute approximate surface area is 125 Å². The predicted molar refractivity (Wildman–Crippen MR) is 80.5 cm³/mol. The van der Waals surface area contributed by atoms with E-state index in [4.69, 9.17) is 5.14 Å². The van der Waals surface area contributed by atoms with Crippen molar-refractivity contribution in [2.45, 2.75) is 62.9 Å². The molecule has 1 fully saturated rings. The molecule has 6 nitrogen and oxygen atoms in total. The van der Waals surface area contributed by atoms with Crippen LogP contribution in [0.4, 0.5) is 0 Å². The monoisotopic (exact) mass is 313 g/mol. The molecule has 1 aliphatic carbocycles. The molecule has 0 saturated heterocycles. The maximum atomic E-state index is 12.4. The van der Waals surface area contributed by atoms with Crippen LogP contribution in [-0.4, -0.2) is 24.4 Å². The van der Waals surface area contributed by atoms with E-state index in [0.717, 1.165) is 25.7 Å². The van der Waals surface area contributed by atoms with Gasteiger partial charge in [-0.3, -0.25) is 4.79 Å². The van der Waals surface area contributed by atoms with Crippen LogP contribution in [0.5, 0.6) is 0 Å². The second-order valence-electron chi connectivity index (χ2n) is 6.66. The average Bonchev–Trinajstić information content (AvgIpc) is 2.94. The summed E-state index contributed by atoms with van der Waals surface area (Å²) in [5.74, 6) is -0.274. The van der Waals surface area contributed by atoms with Gasteiger partial charge in [0.25, 0.3) is 5.91 Å². The van der Waals surface area contributed by atoms with E-state index in [9.17, 15) is 13.2 Å². The topological polar surface area (TPSA) is 94.2 Å². The minimum atomic E-state index is -3.81. The fraction of sp³-hybridized carbons (Fsp3) is 0.643. The Kier molecular flexibility index (Phi) is 4.17. The van der Waals surface area contributed by atoms with E-state index in [2.05, 4.69) is 5.32 Å². The van der Waals surface area contributed by atoms with Gasteiger partial charge in [-0.05, 0) is 39.7 Å². The van der Waals surface area contributed by atoms with Gasteiger partial charge in [-0.25, -0.2) is 13.6 Å². The molecule has 0 aromatic carbocycles. The SMILES string of the molecule is CC(C)(C)NC(=O)c1cc(S(N)(=O)=O)cn1C1CCCC1. The molecule has 7 heteroatoms. The number of sulfonamides is 1. The number of amides is 1. The molecule has 118 valence electrons. The van der Waals surface area contributed by atoms with Gasteiger partial charge in [0, 0.05) is 17.8 Å². The van der Waals surface area contributed by atoms with Gasteiger partial charge in [0.1, 0.15) is 10.6 Å². The summed E-state index contributed by atoms with van der Waals surface area (Å²) in [7, 11) is -3.81. The maximum absolute atomic E-state index is 12.4. The average molecular weight is 313 g/mol. The minimum Gasteiger partial charge on any atom is -0.346 e. The number of nitrogens with zero attached hydrogens (tertiary/aromatic N) is 1. The van der Waals surface area contributed by atoms with Crippen LogP contribution in [0, 0.1) is 0 Å². The molecule has 1 amide bonds. The van der Waals surface area contributed by atoms with Crippen LogP contribution in [-0.2, 0) is 10.0 Å². The van der Waals surface area contributed by atoms with Crippen LogP contribution >= 0.6 is 0 Å². The van der Waals surface area contributed by atoms with Gasteiger partial charge in [0.2, 0.25) is 10.0 Å². The van der Waals surface area contributed by atoms with Crippen LogP contribution in [0.25, 0.3) is 0 Å². The number of aromatic nitrogens is 1. The smallest absolute Gasteiger partial charge is 0.268 e. The van der Waals surface area contributed by atoms with Crippen molar-refractivity contribution in [3.05, 3.63) is 18.0 Å². The molecule has 1 heterocycles. The summed E-state index contributed by atoms with van der Waals surface area (Å²) in [6.45, 7) is 5.65. The van der Waals surface area contributed by atoms with Gasteiger partial charge >= 0.3 is 0 Å². The molecule has 1 saturated carbocycles. The van der Waals surface area contributed by atoms with E-state index in [1.54, 1.807) is 4.57 Å². The third-order valence-electron chi connectivity index (χ3n) is 3.59. The van der Waals surface area contributed by atoms with E-state index in [1.165, 1.54) is 12.3 Å². The lowest BCUT2D eigenvalue weighted by atomic mass is 10.1. The quantitative estimate of drug-likeness (QED) is 0.890. The van der Waals surface area contributed by atoms with Crippen LogP contribution in [0.15, 0.2) is 17.2 Å². The molecule has 0 spiro atoms. The minimum absolute atomic E-state index is 0.00606. The zero-order chi connectivity index (χ0) is 15.8. The number of carbonyl (C=O) groups excluding carboxylic acids is 1. The van der Waals surface area contributed by atoms with E-state index in [1.807, 2.05) is 20.8 Å². The van der Waals surface area contributed by atoms with Crippen molar-refractivity contribution >= 4 is 15.9 Å². The van der Waals surface area contributed by atoms with Crippen molar-refractivity contribution in [1.29, 1.82) is 0 Å². The molecule has 2 rings (SSSR count). The lowest BCUT2D eigenvalue weighted by molar-refractivity contribution is 0.0908. The molecule has 0 aliphatic heterocycles. The van der Waals surface area contributed by atoms with Crippen molar-refractivity contribution < 1.29 is 13.2 Å². The Hall–Kier alpha value is -1.34. The summed E-state index contributed by atoms with van der Waals surface area (Å²) >= 11 is 0. The first-order valence-electron chi connectivity index (χ1n) is 7.15. The summed E-state index contributed by atoms with van der Waals surface area (Å²) in [4.78, 5) is 12.4. The van der Waals surface area contributed by atoms with Crippen LogP contribution in [0.2, 0.25) is 0 Å². The molecule has 0 radical (unpaired) electrons. The molecule has 0 unspecified atom stereocenters. The summed E-state index contributed by atoms with van der Waals surface area (Å²) in [5.41, 5.74) is -0.0234. The normalized spacial score (nSPS) is 17.1. The number of primary sulfonamides is 1. The third kappa shape index (κ3) is 3.85. The zero-order valence-electron chi connectivity index (χ0n) is 12.7. The van der Waals surface area contributed by atoms with Crippen molar-refractivity contribution in [1.82, 2.24) is 9.88 Å². The van der Waals surface area contributed by atoms with Gasteiger partial charge in [-0.15, -0.1) is 0 Å². The van der Waals surface area contributed by atoms with Crippen molar-refractivity contribution in [2.24, 2.45) is 5.14 Å². The second-order valence-corrected chi connectivity index (χ2v) is 8.22. The lowest BCUT2D eigenvalue weighted by Gasteiger charge is -2.22. The van der Waals surface area contributed by atoms with E-state index in [0.29, 0.717) is 5.69 Å². The highest BCUT2D eigenvalue weighted by Crippen LogP contribution is 2.32. The Balaban J connectivity index is 2.42. The molecule has 1 aromatic rings. The number of carbonyl (C=O) groups is 1. The second kappa shape index (κ2) is 5.46. The highest BCUT2D eigenvalue weighted by atomic mass is 32.2. The Morgan fingerprint density at radius 3 is 2.38 bits per heavy atom. The van der Waals surface area contributed by atoms with E-state index < -0.39 is 10.0 Å².